The van der Waals surface area contributed by atoms with Crippen LogP contribution in [0, 0.1) is 0 Å². The Morgan fingerprint density at radius 2 is 2.04 bits per heavy atom. The summed E-state index contributed by atoms with van der Waals surface area (Å²) in [4.78, 5) is 23.7. The molecule has 4 rings (SSSR count). The van der Waals surface area contributed by atoms with Crippen LogP contribution in [-0.2, 0) is 11.8 Å². The number of imidazole rings is 1. The van der Waals surface area contributed by atoms with Crippen LogP contribution in [0.1, 0.15) is 10.4 Å². The highest BCUT2D eigenvalue weighted by Crippen LogP contribution is 2.27. The van der Waals surface area contributed by atoms with Gasteiger partial charge in [-0.1, -0.05) is 22.0 Å². The van der Waals surface area contributed by atoms with Crippen molar-refractivity contribution in [3.63, 3.8) is 0 Å². The summed E-state index contributed by atoms with van der Waals surface area (Å²) in [5.41, 5.74) is 2.90. The SMILES string of the molecule is Cl.Cn1cnc2c(Nc3cccc(Br)c3)ncc(C(=O)N3CCOCC3)c21. The number of anilines is 2. The van der Waals surface area contributed by atoms with Crippen molar-refractivity contribution in [1.82, 2.24) is 19.4 Å². The Balaban J connectivity index is 0.00000210. The maximum Gasteiger partial charge on any atom is 0.257 e. The Morgan fingerprint density at radius 1 is 1.26 bits per heavy atom. The highest BCUT2D eigenvalue weighted by molar-refractivity contribution is 9.10. The zero-order chi connectivity index (χ0) is 18.1. The van der Waals surface area contributed by atoms with Crippen molar-refractivity contribution in [3.8, 4) is 0 Å². The lowest BCUT2D eigenvalue weighted by Gasteiger charge is -2.27. The molecule has 0 atom stereocenters. The number of ether oxygens (including phenoxy) is 1. The number of aryl methyl sites for hydroxylation is 1. The number of rotatable bonds is 3. The molecule has 0 radical (unpaired) electrons. The number of hydrogen-bond donors (Lipinski definition) is 1. The van der Waals surface area contributed by atoms with Crippen molar-refractivity contribution in [3.05, 3.63) is 46.8 Å². The summed E-state index contributed by atoms with van der Waals surface area (Å²) in [6, 6.07) is 7.81. The van der Waals surface area contributed by atoms with Crippen LogP contribution in [0.2, 0.25) is 0 Å². The minimum absolute atomic E-state index is 0. The molecule has 142 valence electrons. The molecular weight excluding hydrogens is 434 g/mol. The van der Waals surface area contributed by atoms with E-state index in [0.29, 0.717) is 43.2 Å². The van der Waals surface area contributed by atoms with Crippen molar-refractivity contribution in [2.45, 2.75) is 0 Å². The van der Waals surface area contributed by atoms with Crippen LogP contribution >= 0.6 is 28.3 Å². The maximum atomic E-state index is 12.9. The van der Waals surface area contributed by atoms with Gasteiger partial charge in [-0.25, -0.2) is 9.97 Å². The van der Waals surface area contributed by atoms with Crippen molar-refractivity contribution in [2.75, 3.05) is 31.6 Å². The minimum Gasteiger partial charge on any atom is -0.378 e. The molecule has 1 amide bonds. The number of benzene rings is 1. The fourth-order valence-electron chi connectivity index (χ4n) is 3.06. The van der Waals surface area contributed by atoms with Crippen molar-refractivity contribution < 1.29 is 9.53 Å². The lowest BCUT2D eigenvalue weighted by atomic mass is 10.2. The van der Waals surface area contributed by atoms with E-state index < -0.39 is 0 Å². The molecule has 0 spiro atoms. The number of halogens is 2. The quantitative estimate of drug-likeness (QED) is 0.660. The molecule has 1 aliphatic heterocycles. The third-order valence-electron chi connectivity index (χ3n) is 4.36. The Kier molecular flexibility index (Phi) is 5.98. The number of carbonyl (C=O) groups is 1. The van der Waals surface area contributed by atoms with E-state index in [9.17, 15) is 4.79 Å². The van der Waals surface area contributed by atoms with Crippen LogP contribution in [0.5, 0.6) is 0 Å². The zero-order valence-electron chi connectivity index (χ0n) is 14.7. The van der Waals surface area contributed by atoms with Gasteiger partial charge in [-0.15, -0.1) is 12.4 Å². The molecule has 3 aromatic rings. The van der Waals surface area contributed by atoms with E-state index in [2.05, 4.69) is 31.2 Å². The molecule has 0 saturated carbocycles. The summed E-state index contributed by atoms with van der Waals surface area (Å²) < 4.78 is 8.17. The first-order valence-electron chi connectivity index (χ1n) is 8.33. The maximum absolute atomic E-state index is 12.9. The van der Waals surface area contributed by atoms with E-state index in [4.69, 9.17) is 4.74 Å². The van der Waals surface area contributed by atoms with Gasteiger partial charge in [0.15, 0.2) is 5.82 Å². The summed E-state index contributed by atoms with van der Waals surface area (Å²) in [5.74, 6) is 0.584. The van der Waals surface area contributed by atoms with E-state index in [1.807, 2.05) is 35.9 Å². The Labute approximate surface area is 171 Å². The summed E-state index contributed by atoms with van der Waals surface area (Å²) in [7, 11) is 1.88. The molecule has 1 aliphatic rings. The van der Waals surface area contributed by atoms with Crippen molar-refractivity contribution in [2.24, 2.45) is 7.05 Å². The number of aromatic nitrogens is 3. The summed E-state index contributed by atoms with van der Waals surface area (Å²) >= 11 is 3.46. The van der Waals surface area contributed by atoms with Gasteiger partial charge in [0.05, 0.1) is 30.6 Å². The molecule has 27 heavy (non-hydrogen) atoms. The fourth-order valence-corrected chi connectivity index (χ4v) is 3.46. The normalized spacial score (nSPS) is 14.1. The number of hydrogen-bond acceptors (Lipinski definition) is 5. The molecule has 1 saturated heterocycles. The molecule has 0 bridgehead atoms. The highest BCUT2D eigenvalue weighted by atomic mass is 79.9. The van der Waals surface area contributed by atoms with Gasteiger partial charge in [-0.2, -0.15) is 0 Å². The standard InChI is InChI=1S/C18H18BrN5O2.ClH/c1-23-11-21-15-16(23)14(18(25)24-5-7-26-8-6-24)10-20-17(15)22-13-4-2-3-12(19)9-13;/h2-4,9-11H,5-8H2,1H3,(H,20,22);1H. The second-order valence-corrected chi connectivity index (χ2v) is 7.03. The molecule has 2 aromatic heterocycles. The summed E-state index contributed by atoms with van der Waals surface area (Å²) in [6.45, 7) is 2.32. The highest BCUT2D eigenvalue weighted by Gasteiger charge is 2.23. The van der Waals surface area contributed by atoms with E-state index in [1.54, 1.807) is 17.4 Å². The summed E-state index contributed by atoms with van der Waals surface area (Å²) in [6.07, 6.45) is 3.33. The van der Waals surface area contributed by atoms with Crippen LogP contribution < -0.4 is 5.32 Å². The minimum atomic E-state index is -0.0385. The van der Waals surface area contributed by atoms with E-state index >= 15 is 0 Å². The van der Waals surface area contributed by atoms with Gasteiger partial charge in [-0.05, 0) is 18.2 Å². The number of morpholine rings is 1. The van der Waals surface area contributed by atoms with E-state index in [-0.39, 0.29) is 18.3 Å². The second kappa shape index (κ2) is 8.24. The second-order valence-electron chi connectivity index (χ2n) is 6.11. The first-order chi connectivity index (χ1) is 12.6. The lowest BCUT2D eigenvalue weighted by Crippen LogP contribution is -2.40. The van der Waals surface area contributed by atoms with Gasteiger partial charge < -0.3 is 19.5 Å². The van der Waals surface area contributed by atoms with Gasteiger partial charge in [0.2, 0.25) is 0 Å². The number of nitrogens with zero attached hydrogens (tertiary/aromatic N) is 4. The van der Waals surface area contributed by atoms with Gasteiger partial charge in [0.1, 0.15) is 5.52 Å². The topological polar surface area (TPSA) is 72.3 Å². The van der Waals surface area contributed by atoms with Gasteiger partial charge in [0, 0.05) is 36.5 Å². The first kappa shape index (κ1) is 19.6. The average molecular weight is 453 g/mol. The van der Waals surface area contributed by atoms with Gasteiger partial charge >= 0.3 is 0 Å². The number of pyridine rings is 1. The van der Waals surface area contributed by atoms with E-state index in [0.717, 1.165) is 15.7 Å². The lowest BCUT2D eigenvalue weighted by molar-refractivity contribution is 0.0303. The first-order valence-corrected chi connectivity index (χ1v) is 9.12. The predicted octanol–water partition coefficient (Wildman–Crippen LogP) is 3.37. The molecular formula is C18H19BrClN5O2. The Hall–Kier alpha value is -2.16. The predicted molar refractivity (Wildman–Crippen MR) is 110 cm³/mol. The fraction of sp³-hybridized carbons (Fsp3) is 0.278. The average Bonchev–Trinajstić information content (AvgIpc) is 3.05. The molecule has 1 fully saturated rings. The largest absolute Gasteiger partial charge is 0.378 e. The van der Waals surface area contributed by atoms with Crippen LogP contribution in [0.3, 0.4) is 0 Å². The van der Waals surface area contributed by atoms with Crippen molar-refractivity contribution >= 4 is 56.8 Å². The number of carbonyl (C=O) groups excluding carboxylic acids is 1. The molecule has 0 aliphatic carbocycles. The summed E-state index contributed by atoms with van der Waals surface area (Å²) in [5, 5.41) is 3.28. The third-order valence-corrected chi connectivity index (χ3v) is 4.85. The Morgan fingerprint density at radius 3 is 2.78 bits per heavy atom. The Bertz CT molecular complexity index is 972. The van der Waals surface area contributed by atoms with Crippen LogP contribution in [0.15, 0.2) is 41.3 Å². The third kappa shape index (κ3) is 3.92. The zero-order valence-corrected chi connectivity index (χ0v) is 17.1. The molecule has 1 N–H and O–H groups in total. The molecule has 3 heterocycles. The molecule has 1 aromatic carbocycles. The van der Waals surface area contributed by atoms with Crippen LogP contribution in [-0.4, -0.2) is 51.6 Å². The molecule has 7 nitrogen and oxygen atoms in total. The van der Waals surface area contributed by atoms with Crippen molar-refractivity contribution in [1.29, 1.82) is 0 Å². The number of amides is 1. The smallest absolute Gasteiger partial charge is 0.257 e. The van der Waals surface area contributed by atoms with E-state index in [1.165, 1.54) is 0 Å². The number of nitrogens with one attached hydrogen (secondary N) is 1. The molecule has 9 heteroatoms. The van der Waals surface area contributed by atoms with Crippen LogP contribution in [0.25, 0.3) is 11.0 Å². The van der Waals surface area contributed by atoms with Crippen LogP contribution in [0.4, 0.5) is 11.5 Å². The molecule has 0 unspecified atom stereocenters. The van der Waals surface area contributed by atoms with Gasteiger partial charge in [-0.3, -0.25) is 4.79 Å². The number of fused-ring (bicyclic) bond motifs is 1. The van der Waals surface area contributed by atoms with Gasteiger partial charge in [0.25, 0.3) is 5.91 Å². The monoisotopic (exact) mass is 451 g/mol.